The Balaban J connectivity index is 1.77. The Morgan fingerprint density at radius 3 is 2.58 bits per heavy atom. The fourth-order valence-corrected chi connectivity index (χ4v) is 3.09. The van der Waals surface area contributed by atoms with Crippen LogP contribution in [0.2, 0.25) is 15.1 Å². The van der Waals surface area contributed by atoms with E-state index in [0.717, 1.165) is 5.56 Å². The number of ether oxygens (including phenoxy) is 1. The quantitative estimate of drug-likeness (QED) is 0.632. The van der Waals surface area contributed by atoms with Gasteiger partial charge in [-0.15, -0.1) is 0 Å². The van der Waals surface area contributed by atoms with Crippen LogP contribution < -0.4 is 10.1 Å². The third-order valence-corrected chi connectivity index (χ3v) is 4.61. The summed E-state index contributed by atoms with van der Waals surface area (Å²) in [5, 5.41) is 8.60. The van der Waals surface area contributed by atoms with Gasteiger partial charge in [-0.1, -0.05) is 40.9 Å². The molecule has 0 aliphatic carbocycles. The van der Waals surface area contributed by atoms with Crippen LogP contribution in [-0.2, 0) is 6.54 Å². The van der Waals surface area contributed by atoms with Crippen LogP contribution in [0.5, 0.6) is 5.75 Å². The molecule has 0 aliphatic heterocycles. The zero-order chi connectivity index (χ0) is 18.7. The van der Waals surface area contributed by atoms with Gasteiger partial charge < -0.3 is 10.1 Å². The smallest absolute Gasteiger partial charge is 0.260 e. The molecule has 0 unspecified atom stereocenters. The van der Waals surface area contributed by atoms with Crippen molar-refractivity contribution in [2.75, 3.05) is 12.4 Å². The second kappa shape index (κ2) is 7.99. The first-order valence-corrected chi connectivity index (χ1v) is 8.72. The van der Waals surface area contributed by atoms with Crippen molar-refractivity contribution >= 4 is 46.5 Å². The number of benzene rings is 2. The highest BCUT2D eigenvalue weighted by Gasteiger charge is 2.15. The summed E-state index contributed by atoms with van der Waals surface area (Å²) in [7, 11) is 1.49. The van der Waals surface area contributed by atoms with Crippen LogP contribution in [0.25, 0.3) is 0 Å². The van der Waals surface area contributed by atoms with Gasteiger partial charge in [0.2, 0.25) is 0 Å². The average molecular weight is 411 g/mol. The summed E-state index contributed by atoms with van der Waals surface area (Å²) in [6.07, 6.45) is 1.73. The number of carbonyl (C=O) groups excluding carboxylic acids is 1. The van der Waals surface area contributed by atoms with Crippen molar-refractivity contribution in [3.8, 4) is 5.75 Å². The zero-order valence-electron chi connectivity index (χ0n) is 13.7. The van der Waals surface area contributed by atoms with Gasteiger partial charge in [0.05, 0.1) is 19.2 Å². The Morgan fingerprint density at radius 2 is 1.88 bits per heavy atom. The molecule has 3 aromatic rings. The van der Waals surface area contributed by atoms with Crippen molar-refractivity contribution in [2.24, 2.45) is 0 Å². The molecule has 0 saturated carbocycles. The maximum Gasteiger partial charge on any atom is 0.260 e. The van der Waals surface area contributed by atoms with E-state index in [0.29, 0.717) is 38.7 Å². The van der Waals surface area contributed by atoms with Gasteiger partial charge in [0.25, 0.3) is 5.91 Å². The number of halogens is 3. The molecule has 0 atom stereocenters. The van der Waals surface area contributed by atoms with E-state index < -0.39 is 0 Å². The Morgan fingerprint density at radius 1 is 1.15 bits per heavy atom. The zero-order valence-corrected chi connectivity index (χ0v) is 15.9. The van der Waals surface area contributed by atoms with Gasteiger partial charge in [0.15, 0.2) is 5.82 Å². The van der Waals surface area contributed by atoms with E-state index in [-0.39, 0.29) is 5.91 Å². The summed E-state index contributed by atoms with van der Waals surface area (Å²) < 4.78 is 6.83. The minimum absolute atomic E-state index is 0.323. The molecule has 26 heavy (non-hydrogen) atoms. The van der Waals surface area contributed by atoms with E-state index in [2.05, 4.69) is 10.4 Å². The highest BCUT2D eigenvalue weighted by atomic mass is 35.5. The first-order valence-electron chi connectivity index (χ1n) is 7.59. The predicted octanol–water partition coefficient (Wildman–Crippen LogP) is 5.15. The number of rotatable bonds is 5. The number of nitrogens with one attached hydrogen (secondary N) is 1. The molecule has 1 N–H and O–H groups in total. The van der Waals surface area contributed by atoms with Crippen LogP contribution in [0.3, 0.4) is 0 Å². The lowest BCUT2D eigenvalue weighted by Crippen LogP contribution is -2.14. The predicted molar refractivity (Wildman–Crippen MR) is 104 cm³/mol. The molecule has 0 spiro atoms. The minimum atomic E-state index is -0.370. The summed E-state index contributed by atoms with van der Waals surface area (Å²) >= 11 is 18.3. The molecule has 1 heterocycles. The highest BCUT2D eigenvalue weighted by molar-refractivity contribution is 6.36. The number of hydrogen-bond acceptors (Lipinski definition) is 3. The Bertz CT molecular complexity index is 936. The molecular formula is C18H14Cl3N3O2. The minimum Gasteiger partial charge on any atom is -0.496 e. The Kier molecular flexibility index (Phi) is 5.71. The van der Waals surface area contributed by atoms with Crippen LogP contribution in [0.15, 0.2) is 48.7 Å². The van der Waals surface area contributed by atoms with Gasteiger partial charge in [-0.25, -0.2) is 0 Å². The van der Waals surface area contributed by atoms with E-state index in [9.17, 15) is 4.79 Å². The van der Waals surface area contributed by atoms with Crippen LogP contribution in [0.4, 0.5) is 5.82 Å². The average Bonchev–Trinajstić information content (AvgIpc) is 3.05. The standard InChI is InChI=1S/C18H14Cl3N3O2/c1-26-16-6-5-11(19)9-12(16)18(25)22-17-7-8-24(23-17)10-13-14(20)3-2-4-15(13)21/h2-9H,10H2,1H3,(H,22,23,25). The van der Waals surface area contributed by atoms with E-state index in [1.54, 1.807) is 47.3 Å². The molecule has 0 bridgehead atoms. The van der Waals surface area contributed by atoms with Crippen LogP contribution >= 0.6 is 34.8 Å². The normalized spacial score (nSPS) is 10.6. The third-order valence-electron chi connectivity index (χ3n) is 3.67. The Labute approximate surface area is 165 Å². The molecule has 5 nitrogen and oxygen atoms in total. The van der Waals surface area contributed by atoms with Gasteiger partial charge in [-0.3, -0.25) is 9.48 Å². The molecule has 8 heteroatoms. The lowest BCUT2D eigenvalue weighted by molar-refractivity contribution is 0.102. The summed E-state index contributed by atoms with van der Waals surface area (Å²) in [5.74, 6) is 0.444. The molecule has 0 saturated heterocycles. The highest BCUT2D eigenvalue weighted by Crippen LogP contribution is 2.26. The second-order valence-corrected chi connectivity index (χ2v) is 6.65. The summed E-state index contributed by atoms with van der Waals surface area (Å²) in [6.45, 7) is 0.384. The van der Waals surface area contributed by atoms with Crippen molar-refractivity contribution in [3.05, 3.63) is 74.9 Å². The molecule has 3 rings (SSSR count). The van der Waals surface area contributed by atoms with E-state index in [4.69, 9.17) is 39.5 Å². The van der Waals surface area contributed by atoms with E-state index in [1.165, 1.54) is 13.2 Å². The van der Waals surface area contributed by atoms with Crippen molar-refractivity contribution in [1.29, 1.82) is 0 Å². The molecule has 2 aromatic carbocycles. The lowest BCUT2D eigenvalue weighted by Gasteiger charge is -2.09. The summed E-state index contributed by atoms with van der Waals surface area (Å²) in [4.78, 5) is 12.5. The SMILES string of the molecule is COc1ccc(Cl)cc1C(=O)Nc1ccn(Cc2c(Cl)cccc2Cl)n1. The number of methoxy groups -OCH3 is 1. The van der Waals surface area contributed by atoms with Crippen molar-refractivity contribution in [3.63, 3.8) is 0 Å². The van der Waals surface area contributed by atoms with Crippen LogP contribution in [0, 0.1) is 0 Å². The number of amides is 1. The monoisotopic (exact) mass is 409 g/mol. The fourth-order valence-electron chi connectivity index (χ4n) is 2.40. The van der Waals surface area contributed by atoms with Gasteiger partial charge in [-0.2, -0.15) is 5.10 Å². The number of nitrogens with zero attached hydrogens (tertiary/aromatic N) is 2. The number of aromatic nitrogens is 2. The summed E-state index contributed by atoms with van der Waals surface area (Å²) in [5.41, 5.74) is 1.08. The largest absolute Gasteiger partial charge is 0.496 e. The van der Waals surface area contributed by atoms with E-state index in [1.807, 2.05) is 0 Å². The Hall–Kier alpha value is -2.21. The second-order valence-electron chi connectivity index (χ2n) is 5.40. The molecule has 1 aromatic heterocycles. The molecule has 1 amide bonds. The van der Waals surface area contributed by atoms with Crippen molar-refractivity contribution < 1.29 is 9.53 Å². The van der Waals surface area contributed by atoms with Crippen LogP contribution in [0.1, 0.15) is 15.9 Å². The number of carbonyl (C=O) groups is 1. The van der Waals surface area contributed by atoms with Gasteiger partial charge in [0.1, 0.15) is 5.75 Å². The van der Waals surface area contributed by atoms with Crippen LogP contribution in [-0.4, -0.2) is 22.8 Å². The van der Waals surface area contributed by atoms with Gasteiger partial charge in [0, 0.05) is 32.9 Å². The third kappa shape index (κ3) is 4.12. The van der Waals surface area contributed by atoms with E-state index >= 15 is 0 Å². The molecule has 0 fully saturated rings. The van der Waals surface area contributed by atoms with Gasteiger partial charge >= 0.3 is 0 Å². The first kappa shape index (κ1) is 18.6. The lowest BCUT2D eigenvalue weighted by atomic mass is 10.2. The van der Waals surface area contributed by atoms with Gasteiger partial charge in [-0.05, 0) is 30.3 Å². The molecule has 0 aliphatic rings. The first-order chi connectivity index (χ1) is 12.5. The maximum absolute atomic E-state index is 12.5. The number of hydrogen-bond donors (Lipinski definition) is 1. The van der Waals surface area contributed by atoms with Crippen molar-refractivity contribution in [1.82, 2.24) is 9.78 Å². The summed E-state index contributed by atoms with van der Waals surface area (Å²) in [6, 6.07) is 11.8. The maximum atomic E-state index is 12.5. The topological polar surface area (TPSA) is 56.1 Å². The molecule has 0 radical (unpaired) electrons. The molecular weight excluding hydrogens is 397 g/mol. The molecule has 134 valence electrons. The number of anilines is 1. The fraction of sp³-hybridized carbons (Fsp3) is 0.111. The van der Waals surface area contributed by atoms with Crippen molar-refractivity contribution in [2.45, 2.75) is 6.54 Å².